The lowest BCUT2D eigenvalue weighted by molar-refractivity contribution is 0.227. The Labute approximate surface area is 170 Å². The summed E-state index contributed by atoms with van der Waals surface area (Å²) in [5.74, 6) is 0.981. The zero-order valence-electron chi connectivity index (χ0n) is 17.6. The van der Waals surface area contributed by atoms with Crippen molar-refractivity contribution in [2.45, 2.75) is 52.4 Å². The Kier molecular flexibility index (Phi) is 4.10. The molecule has 29 heavy (non-hydrogen) atoms. The molecule has 2 saturated heterocycles. The number of piperazine rings is 1. The van der Waals surface area contributed by atoms with Gasteiger partial charge in [0, 0.05) is 57.2 Å². The molecule has 0 aliphatic carbocycles. The second-order valence-corrected chi connectivity index (χ2v) is 9.71. The van der Waals surface area contributed by atoms with Gasteiger partial charge < -0.3 is 4.90 Å². The van der Waals surface area contributed by atoms with Crippen LogP contribution in [0.3, 0.4) is 0 Å². The Hall–Kier alpha value is -2.61. The summed E-state index contributed by atoms with van der Waals surface area (Å²) in [7, 11) is 1.82. The molecule has 2 bridgehead atoms. The molecule has 8 nitrogen and oxygen atoms in total. The van der Waals surface area contributed by atoms with Crippen LogP contribution in [0.15, 0.2) is 29.2 Å². The topological polar surface area (TPSA) is 75.0 Å². The van der Waals surface area contributed by atoms with Crippen molar-refractivity contribution in [3.8, 4) is 0 Å². The highest BCUT2D eigenvalue weighted by Crippen LogP contribution is 2.35. The third-order valence-corrected chi connectivity index (χ3v) is 6.18. The van der Waals surface area contributed by atoms with Crippen LogP contribution in [-0.4, -0.2) is 54.4 Å². The number of pyridine rings is 1. The fourth-order valence-electron chi connectivity index (χ4n) is 4.87. The van der Waals surface area contributed by atoms with E-state index in [4.69, 9.17) is 4.98 Å². The van der Waals surface area contributed by atoms with E-state index in [1.165, 1.54) is 5.69 Å². The minimum Gasteiger partial charge on any atom is -0.351 e. The molecule has 0 amide bonds. The van der Waals surface area contributed by atoms with Gasteiger partial charge in [-0.25, -0.2) is 9.78 Å². The second kappa shape index (κ2) is 6.45. The average molecular weight is 396 g/mol. The van der Waals surface area contributed by atoms with Crippen LogP contribution >= 0.6 is 0 Å². The molecule has 2 aliphatic heterocycles. The van der Waals surface area contributed by atoms with E-state index in [0.29, 0.717) is 18.6 Å². The summed E-state index contributed by atoms with van der Waals surface area (Å²) in [6.07, 6.45) is 2.98. The molecule has 2 fully saturated rings. The van der Waals surface area contributed by atoms with Gasteiger partial charge in [-0.05, 0) is 30.0 Å². The second-order valence-electron chi connectivity index (χ2n) is 9.71. The van der Waals surface area contributed by atoms with Crippen molar-refractivity contribution in [2.24, 2.45) is 12.5 Å². The highest BCUT2D eigenvalue weighted by Gasteiger charge is 2.43. The van der Waals surface area contributed by atoms with Gasteiger partial charge in [-0.15, -0.1) is 0 Å². The Balaban J connectivity index is 1.40. The summed E-state index contributed by atoms with van der Waals surface area (Å²) in [5, 5.41) is 7.12. The zero-order valence-corrected chi connectivity index (χ0v) is 17.6. The van der Waals surface area contributed by atoms with Gasteiger partial charge in [-0.1, -0.05) is 20.8 Å². The van der Waals surface area contributed by atoms with Gasteiger partial charge in [0.2, 0.25) is 0 Å². The predicted octanol–water partition coefficient (Wildman–Crippen LogP) is 1.97. The van der Waals surface area contributed by atoms with Gasteiger partial charge in [-0.3, -0.25) is 19.1 Å². The number of fused-ring (bicyclic) bond motifs is 3. The number of imidazole rings is 1. The molecule has 2 unspecified atom stereocenters. The fourth-order valence-corrected chi connectivity index (χ4v) is 4.87. The normalized spacial score (nSPS) is 22.3. The van der Waals surface area contributed by atoms with Crippen LogP contribution in [0.2, 0.25) is 0 Å². The van der Waals surface area contributed by atoms with Crippen molar-refractivity contribution >= 4 is 17.0 Å². The van der Waals surface area contributed by atoms with E-state index in [9.17, 15) is 4.79 Å². The number of hydrogen-bond donors (Lipinski definition) is 1. The molecule has 2 aliphatic rings. The zero-order chi connectivity index (χ0) is 20.3. The molecule has 3 aromatic heterocycles. The first-order chi connectivity index (χ1) is 13.8. The van der Waals surface area contributed by atoms with Crippen LogP contribution in [0, 0.1) is 5.41 Å². The number of hydrogen-bond acceptors (Lipinski definition) is 5. The molecule has 0 radical (unpaired) electrons. The van der Waals surface area contributed by atoms with Crippen molar-refractivity contribution in [3.63, 3.8) is 0 Å². The molecular weight excluding hydrogens is 366 g/mol. The Bertz CT molecular complexity index is 1090. The average Bonchev–Trinajstić information content (AvgIpc) is 3.44. The molecule has 154 valence electrons. The first kappa shape index (κ1) is 18.4. The molecule has 2 atom stereocenters. The molecular formula is C21H29N7O. The first-order valence-electron chi connectivity index (χ1n) is 10.4. The van der Waals surface area contributed by atoms with Gasteiger partial charge in [0.05, 0.1) is 5.52 Å². The number of H-pyrrole nitrogens is 1. The lowest BCUT2D eigenvalue weighted by Gasteiger charge is -2.34. The largest absolute Gasteiger partial charge is 0.351 e. The molecule has 5 rings (SSSR count). The smallest absolute Gasteiger partial charge is 0.330 e. The van der Waals surface area contributed by atoms with Crippen LogP contribution in [0.25, 0.3) is 11.2 Å². The number of rotatable bonds is 4. The quantitative estimate of drug-likeness (QED) is 0.731. The van der Waals surface area contributed by atoms with Crippen LogP contribution < -0.4 is 10.6 Å². The van der Waals surface area contributed by atoms with Crippen LogP contribution in [0.4, 0.5) is 5.82 Å². The summed E-state index contributed by atoms with van der Waals surface area (Å²) in [6, 6.07) is 7.21. The minimum absolute atomic E-state index is 0.00764. The third kappa shape index (κ3) is 3.15. The van der Waals surface area contributed by atoms with Crippen molar-refractivity contribution in [3.05, 3.63) is 40.6 Å². The molecule has 0 aromatic carbocycles. The van der Waals surface area contributed by atoms with E-state index in [0.717, 1.165) is 43.0 Å². The Morgan fingerprint density at radius 1 is 1.17 bits per heavy atom. The van der Waals surface area contributed by atoms with Gasteiger partial charge >= 0.3 is 5.69 Å². The summed E-state index contributed by atoms with van der Waals surface area (Å²) in [4.78, 5) is 22.6. The molecule has 3 aromatic rings. The number of aromatic nitrogens is 5. The van der Waals surface area contributed by atoms with Gasteiger partial charge in [0.25, 0.3) is 0 Å². The number of aryl methyl sites for hydroxylation is 1. The number of nitrogens with one attached hydrogen (secondary N) is 1. The van der Waals surface area contributed by atoms with E-state index in [1.807, 2.05) is 23.9 Å². The van der Waals surface area contributed by atoms with Gasteiger partial charge in [0.1, 0.15) is 5.82 Å². The van der Waals surface area contributed by atoms with Crippen molar-refractivity contribution in [1.29, 1.82) is 0 Å². The van der Waals surface area contributed by atoms with E-state index >= 15 is 0 Å². The lowest BCUT2D eigenvalue weighted by Crippen LogP contribution is -2.46. The molecule has 0 spiro atoms. The number of anilines is 1. The monoisotopic (exact) mass is 395 g/mol. The highest BCUT2D eigenvalue weighted by atomic mass is 16.1. The van der Waals surface area contributed by atoms with Gasteiger partial charge in [0.15, 0.2) is 5.65 Å². The van der Waals surface area contributed by atoms with Crippen LogP contribution in [0.1, 0.15) is 32.9 Å². The standard InChI is InChI=1S/C21H29N7O/c1-21(2,3)13-28-17-5-6-18(23-19(17)25(4)20(28)29)27-12-15-9-16(27)11-26(15)10-14-7-8-22-24-14/h5-8,15-16H,9-13H2,1-4H3,(H,22,24). The van der Waals surface area contributed by atoms with Crippen molar-refractivity contribution < 1.29 is 0 Å². The van der Waals surface area contributed by atoms with E-state index in [-0.39, 0.29) is 11.1 Å². The molecule has 1 N–H and O–H groups in total. The Morgan fingerprint density at radius 3 is 2.66 bits per heavy atom. The van der Waals surface area contributed by atoms with Crippen LogP contribution in [0.5, 0.6) is 0 Å². The molecule has 8 heteroatoms. The van der Waals surface area contributed by atoms with Crippen LogP contribution in [-0.2, 0) is 20.1 Å². The predicted molar refractivity (Wildman–Crippen MR) is 113 cm³/mol. The first-order valence-corrected chi connectivity index (χ1v) is 10.4. The highest BCUT2D eigenvalue weighted by molar-refractivity contribution is 5.74. The van der Waals surface area contributed by atoms with Crippen molar-refractivity contribution in [2.75, 3.05) is 18.0 Å². The van der Waals surface area contributed by atoms with E-state index < -0.39 is 0 Å². The van der Waals surface area contributed by atoms with E-state index in [1.54, 1.807) is 4.57 Å². The minimum atomic E-state index is 0.00764. The number of nitrogens with zero attached hydrogens (tertiary/aromatic N) is 6. The third-order valence-electron chi connectivity index (χ3n) is 6.18. The lowest BCUT2D eigenvalue weighted by atomic mass is 9.97. The Morgan fingerprint density at radius 2 is 2.00 bits per heavy atom. The number of aromatic amines is 1. The maximum Gasteiger partial charge on any atom is 0.330 e. The molecule has 0 saturated carbocycles. The SMILES string of the molecule is Cn1c(=O)n(CC(C)(C)C)c2ccc(N3CC4CC3CN4Cc3ccn[nH]3)nc21. The van der Waals surface area contributed by atoms with E-state index in [2.05, 4.69) is 52.9 Å². The summed E-state index contributed by atoms with van der Waals surface area (Å²) >= 11 is 0. The maximum atomic E-state index is 12.8. The van der Waals surface area contributed by atoms with Crippen molar-refractivity contribution in [1.82, 2.24) is 29.2 Å². The molecule has 5 heterocycles. The summed E-state index contributed by atoms with van der Waals surface area (Å²) in [6.45, 7) is 10.1. The maximum absolute atomic E-state index is 12.8. The summed E-state index contributed by atoms with van der Waals surface area (Å²) < 4.78 is 3.54. The van der Waals surface area contributed by atoms with Gasteiger partial charge in [-0.2, -0.15) is 5.10 Å². The summed E-state index contributed by atoms with van der Waals surface area (Å²) in [5.41, 5.74) is 2.89. The fraction of sp³-hybridized carbons (Fsp3) is 0.571. The number of likely N-dealkylation sites (tertiary alicyclic amines) is 1.